The summed E-state index contributed by atoms with van der Waals surface area (Å²) in [6.07, 6.45) is 1.81. The van der Waals surface area contributed by atoms with Gasteiger partial charge in [-0.2, -0.15) is 0 Å². The average Bonchev–Trinajstić information content (AvgIpc) is 2.39. The molecule has 0 saturated carbocycles. The Morgan fingerprint density at radius 1 is 1.20 bits per heavy atom. The van der Waals surface area contributed by atoms with Gasteiger partial charge in [-0.25, -0.2) is 0 Å². The highest BCUT2D eigenvalue weighted by Gasteiger charge is 2.05. The zero-order chi connectivity index (χ0) is 14.5. The van der Waals surface area contributed by atoms with Gasteiger partial charge < -0.3 is 10.2 Å². The van der Waals surface area contributed by atoms with E-state index in [1.807, 2.05) is 18.3 Å². The van der Waals surface area contributed by atoms with Crippen LogP contribution in [-0.2, 0) is 13.1 Å². The zero-order valence-corrected chi connectivity index (χ0v) is 14.7. The molecule has 1 N–H and O–H groups in total. The van der Waals surface area contributed by atoms with Crippen molar-refractivity contribution >= 4 is 37.5 Å². The molecule has 20 heavy (non-hydrogen) atoms. The molecular weight excluding hydrogens is 382 g/mol. The molecule has 0 atom stereocenters. The lowest BCUT2D eigenvalue weighted by molar-refractivity contribution is 0.403. The molecule has 0 unspecified atom stereocenters. The van der Waals surface area contributed by atoms with Crippen molar-refractivity contribution < 1.29 is 0 Å². The Kier molecular flexibility index (Phi) is 5.57. The number of anilines is 1. The van der Waals surface area contributed by atoms with E-state index < -0.39 is 0 Å². The molecule has 0 saturated heterocycles. The lowest BCUT2D eigenvalue weighted by atomic mass is 10.1. The third kappa shape index (κ3) is 4.30. The average molecular weight is 399 g/mol. The van der Waals surface area contributed by atoms with Gasteiger partial charge in [-0.3, -0.25) is 4.98 Å². The molecule has 1 aromatic carbocycles. The summed E-state index contributed by atoms with van der Waals surface area (Å²) in [5, 5.41) is 3.46. The Labute approximate surface area is 136 Å². The number of benzene rings is 1. The van der Waals surface area contributed by atoms with Gasteiger partial charge in [0.25, 0.3) is 0 Å². The second-order valence-electron chi connectivity index (χ2n) is 4.83. The number of hydrogen-bond acceptors (Lipinski definition) is 3. The van der Waals surface area contributed by atoms with Crippen LogP contribution < -0.4 is 5.32 Å². The number of rotatable bonds is 5. The van der Waals surface area contributed by atoms with E-state index in [1.54, 1.807) is 0 Å². The first-order chi connectivity index (χ1) is 9.56. The van der Waals surface area contributed by atoms with E-state index >= 15 is 0 Å². The van der Waals surface area contributed by atoms with Crippen LogP contribution in [0.15, 0.2) is 45.5 Å². The molecule has 1 aromatic heterocycles. The molecule has 0 radical (unpaired) electrons. The summed E-state index contributed by atoms with van der Waals surface area (Å²) in [5.74, 6) is 0. The molecule has 2 aromatic rings. The lowest BCUT2D eigenvalue weighted by Crippen LogP contribution is -2.13. The number of aromatic nitrogens is 1. The molecule has 0 aliphatic rings. The van der Waals surface area contributed by atoms with Crippen molar-refractivity contribution in [1.82, 2.24) is 9.88 Å². The van der Waals surface area contributed by atoms with E-state index in [0.717, 1.165) is 26.9 Å². The second kappa shape index (κ2) is 7.20. The number of nitrogens with one attached hydrogen (secondary N) is 1. The first-order valence-electron chi connectivity index (χ1n) is 6.32. The van der Waals surface area contributed by atoms with Crippen molar-refractivity contribution in [2.75, 3.05) is 19.4 Å². The number of hydrogen-bond donors (Lipinski definition) is 1. The minimum absolute atomic E-state index is 0.693. The summed E-state index contributed by atoms with van der Waals surface area (Å²) in [6.45, 7) is 1.61. The van der Waals surface area contributed by atoms with Crippen LogP contribution in [0.25, 0.3) is 0 Å². The van der Waals surface area contributed by atoms with Gasteiger partial charge >= 0.3 is 0 Å². The Morgan fingerprint density at radius 2 is 1.95 bits per heavy atom. The van der Waals surface area contributed by atoms with Gasteiger partial charge in [0.1, 0.15) is 0 Å². The van der Waals surface area contributed by atoms with Gasteiger partial charge in [0.15, 0.2) is 0 Å². The number of nitrogens with zero attached hydrogens (tertiary/aromatic N) is 2. The molecule has 0 fully saturated rings. The Bertz CT molecular complexity index is 585. The SMILES string of the molecule is CN(C)Cc1ccccc1NCc1ncc(Br)cc1Br. The summed E-state index contributed by atoms with van der Waals surface area (Å²) in [5.41, 5.74) is 3.43. The molecule has 5 heteroatoms. The maximum absolute atomic E-state index is 4.42. The first kappa shape index (κ1) is 15.5. The van der Waals surface area contributed by atoms with E-state index in [-0.39, 0.29) is 0 Å². The Balaban J connectivity index is 2.10. The highest BCUT2D eigenvalue weighted by atomic mass is 79.9. The number of para-hydroxylation sites is 1. The highest BCUT2D eigenvalue weighted by molar-refractivity contribution is 9.11. The lowest BCUT2D eigenvalue weighted by Gasteiger charge is -2.15. The molecule has 2 rings (SSSR count). The standard InChI is InChI=1S/C15H17Br2N3/c1-20(2)10-11-5-3-4-6-14(11)19-9-15-13(17)7-12(16)8-18-15/h3-8,19H,9-10H2,1-2H3. The molecule has 1 heterocycles. The van der Waals surface area contributed by atoms with Crippen LogP contribution in [0.2, 0.25) is 0 Å². The third-order valence-corrected chi connectivity index (χ3v) is 3.95. The van der Waals surface area contributed by atoms with Gasteiger partial charge in [0.05, 0.1) is 12.2 Å². The maximum Gasteiger partial charge on any atom is 0.0737 e. The van der Waals surface area contributed by atoms with Crippen molar-refractivity contribution in [2.24, 2.45) is 0 Å². The fraction of sp³-hybridized carbons (Fsp3) is 0.267. The minimum Gasteiger partial charge on any atom is -0.379 e. The molecule has 0 spiro atoms. The molecular formula is C15H17Br2N3. The van der Waals surface area contributed by atoms with Gasteiger partial charge in [-0.1, -0.05) is 18.2 Å². The molecule has 0 amide bonds. The van der Waals surface area contributed by atoms with Gasteiger partial charge in [0.2, 0.25) is 0 Å². The summed E-state index contributed by atoms with van der Waals surface area (Å²) in [4.78, 5) is 6.58. The summed E-state index contributed by atoms with van der Waals surface area (Å²) < 4.78 is 1.98. The van der Waals surface area contributed by atoms with E-state index in [9.17, 15) is 0 Å². The van der Waals surface area contributed by atoms with E-state index in [1.165, 1.54) is 5.56 Å². The van der Waals surface area contributed by atoms with Crippen molar-refractivity contribution in [3.8, 4) is 0 Å². The van der Waals surface area contributed by atoms with Gasteiger partial charge in [-0.15, -0.1) is 0 Å². The van der Waals surface area contributed by atoms with Crippen LogP contribution in [0.5, 0.6) is 0 Å². The molecule has 0 bridgehead atoms. The number of pyridine rings is 1. The quantitative estimate of drug-likeness (QED) is 0.814. The van der Waals surface area contributed by atoms with Crippen molar-refractivity contribution in [1.29, 1.82) is 0 Å². The molecule has 106 valence electrons. The smallest absolute Gasteiger partial charge is 0.0737 e. The van der Waals surface area contributed by atoms with Crippen molar-refractivity contribution in [3.63, 3.8) is 0 Å². The fourth-order valence-electron chi connectivity index (χ4n) is 1.92. The minimum atomic E-state index is 0.693. The molecule has 0 aliphatic heterocycles. The van der Waals surface area contributed by atoms with Crippen LogP contribution in [0.4, 0.5) is 5.69 Å². The van der Waals surface area contributed by atoms with Crippen molar-refractivity contribution in [3.05, 3.63) is 56.7 Å². The Morgan fingerprint density at radius 3 is 2.65 bits per heavy atom. The van der Waals surface area contributed by atoms with Gasteiger partial charge in [-0.05, 0) is 63.7 Å². The third-order valence-electron chi connectivity index (χ3n) is 2.83. The monoisotopic (exact) mass is 397 g/mol. The van der Waals surface area contributed by atoms with Crippen LogP contribution in [0.1, 0.15) is 11.3 Å². The summed E-state index contributed by atoms with van der Waals surface area (Å²) in [7, 11) is 4.15. The second-order valence-corrected chi connectivity index (χ2v) is 6.60. The van der Waals surface area contributed by atoms with Gasteiger partial charge in [0, 0.05) is 27.4 Å². The van der Waals surface area contributed by atoms with Crippen LogP contribution in [0.3, 0.4) is 0 Å². The van der Waals surface area contributed by atoms with E-state index in [4.69, 9.17) is 0 Å². The highest BCUT2D eigenvalue weighted by Crippen LogP contribution is 2.22. The maximum atomic E-state index is 4.42. The van der Waals surface area contributed by atoms with Crippen LogP contribution in [0, 0.1) is 0 Å². The number of halogens is 2. The van der Waals surface area contributed by atoms with Crippen LogP contribution >= 0.6 is 31.9 Å². The first-order valence-corrected chi connectivity index (χ1v) is 7.91. The predicted octanol–water partition coefficient (Wildman–Crippen LogP) is 4.28. The van der Waals surface area contributed by atoms with Crippen molar-refractivity contribution in [2.45, 2.75) is 13.1 Å². The predicted molar refractivity (Wildman–Crippen MR) is 90.8 cm³/mol. The van der Waals surface area contributed by atoms with E-state index in [0.29, 0.717) is 6.54 Å². The summed E-state index contributed by atoms with van der Waals surface area (Å²) in [6, 6.07) is 10.4. The van der Waals surface area contributed by atoms with E-state index in [2.05, 4.69) is 79.4 Å². The Hall–Kier alpha value is -0.910. The zero-order valence-electron chi connectivity index (χ0n) is 11.5. The fourth-order valence-corrected chi connectivity index (χ4v) is 3.05. The van der Waals surface area contributed by atoms with Crippen LogP contribution in [-0.4, -0.2) is 24.0 Å². The normalized spacial score (nSPS) is 10.8. The topological polar surface area (TPSA) is 28.2 Å². The molecule has 0 aliphatic carbocycles. The summed E-state index contributed by atoms with van der Waals surface area (Å²) >= 11 is 6.95. The largest absolute Gasteiger partial charge is 0.379 e. The molecule has 3 nitrogen and oxygen atoms in total.